The normalized spacial score (nSPS) is 10.7. The molecule has 0 amide bonds. The molecule has 0 aliphatic carbocycles. The van der Waals surface area contributed by atoms with Crippen molar-refractivity contribution in [1.29, 1.82) is 0 Å². The molecule has 3 N–H and O–H groups in total. The molecule has 2 rings (SSSR count). The first-order chi connectivity index (χ1) is 8.77. The minimum Gasteiger partial charge on any atom is -0.506 e. The molecule has 1 aromatic carbocycles. The predicted molar refractivity (Wildman–Crippen MR) is 69.5 cm³/mol. The van der Waals surface area contributed by atoms with Gasteiger partial charge in [-0.2, -0.15) is 5.10 Å². The third-order valence-electron chi connectivity index (χ3n) is 2.62. The van der Waals surface area contributed by atoms with Gasteiger partial charge in [0.15, 0.2) is 0 Å². The second kappa shape index (κ2) is 6.37. The zero-order valence-electron chi connectivity index (χ0n) is 9.86. The fraction of sp³-hybridized carbons (Fsp3) is 0.333. The number of hydrogen-bond donors (Lipinski definition) is 3. The third-order valence-corrected chi connectivity index (χ3v) is 2.92. The first kappa shape index (κ1) is 12.9. The lowest BCUT2D eigenvalue weighted by Crippen LogP contribution is -2.15. The van der Waals surface area contributed by atoms with Crippen LogP contribution < -0.4 is 5.32 Å². The summed E-state index contributed by atoms with van der Waals surface area (Å²) in [6.07, 6.45) is 3.32. The molecule has 0 bridgehead atoms. The summed E-state index contributed by atoms with van der Waals surface area (Å²) in [5.41, 5.74) is 0.808. The summed E-state index contributed by atoms with van der Waals surface area (Å²) < 4.78 is 0. The molecule has 18 heavy (non-hydrogen) atoms. The zero-order valence-corrected chi connectivity index (χ0v) is 10.6. The van der Waals surface area contributed by atoms with E-state index in [1.165, 1.54) is 6.33 Å². The van der Waals surface area contributed by atoms with Crippen LogP contribution in [0.25, 0.3) is 0 Å². The van der Waals surface area contributed by atoms with Crippen molar-refractivity contribution < 1.29 is 5.11 Å². The summed E-state index contributed by atoms with van der Waals surface area (Å²) in [5.74, 6) is 1.05. The fourth-order valence-electron chi connectivity index (χ4n) is 1.66. The van der Waals surface area contributed by atoms with Crippen molar-refractivity contribution in [3.8, 4) is 5.75 Å². The van der Waals surface area contributed by atoms with E-state index in [9.17, 15) is 5.11 Å². The highest BCUT2D eigenvalue weighted by Gasteiger charge is 2.04. The maximum absolute atomic E-state index is 9.71. The number of H-pyrrole nitrogens is 1. The lowest BCUT2D eigenvalue weighted by Gasteiger charge is -2.07. The van der Waals surface area contributed by atoms with Crippen LogP contribution in [0.4, 0.5) is 0 Å². The van der Waals surface area contributed by atoms with Gasteiger partial charge in [0.1, 0.15) is 17.9 Å². The molecule has 0 aliphatic rings. The monoisotopic (exact) mass is 266 g/mol. The van der Waals surface area contributed by atoms with Crippen LogP contribution >= 0.6 is 11.6 Å². The van der Waals surface area contributed by atoms with Crippen LogP contribution in [0, 0.1) is 0 Å². The van der Waals surface area contributed by atoms with Gasteiger partial charge in [0.05, 0.1) is 5.02 Å². The SMILES string of the molecule is Oc1c(Cl)cccc1CNCCCc1ncn[nH]1. The van der Waals surface area contributed by atoms with Crippen LogP contribution in [0.3, 0.4) is 0 Å². The van der Waals surface area contributed by atoms with E-state index in [0.29, 0.717) is 11.6 Å². The van der Waals surface area contributed by atoms with Crippen molar-refractivity contribution in [2.24, 2.45) is 0 Å². The predicted octanol–water partition coefficient (Wildman–Crippen LogP) is 1.89. The maximum Gasteiger partial charge on any atom is 0.138 e. The molecule has 2 aromatic rings. The molecule has 0 spiro atoms. The highest BCUT2D eigenvalue weighted by Crippen LogP contribution is 2.26. The maximum atomic E-state index is 9.71. The van der Waals surface area contributed by atoms with E-state index < -0.39 is 0 Å². The fourth-order valence-corrected chi connectivity index (χ4v) is 1.85. The van der Waals surface area contributed by atoms with Crippen LogP contribution in [0.15, 0.2) is 24.5 Å². The molecule has 0 fully saturated rings. The van der Waals surface area contributed by atoms with Gasteiger partial charge in [0, 0.05) is 18.5 Å². The Morgan fingerprint density at radius 1 is 1.39 bits per heavy atom. The number of halogens is 1. The number of aryl methyl sites for hydroxylation is 1. The van der Waals surface area contributed by atoms with Crippen molar-refractivity contribution in [2.75, 3.05) is 6.54 Å². The Bertz CT molecular complexity index is 487. The van der Waals surface area contributed by atoms with Gasteiger partial charge in [-0.25, -0.2) is 4.98 Å². The van der Waals surface area contributed by atoms with Crippen molar-refractivity contribution in [3.05, 3.63) is 40.9 Å². The standard InChI is InChI=1S/C12H15ClN4O/c13-10-4-1-3-9(12(10)18)7-14-6-2-5-11-15-8-16-17-11/h1,3-4,8,14,18H,2,5-7H2,(H,15,16,17). The lowest BCUT2D eigenvalue weighted by atomic mass is 10.2. The zero-order chi connectivity index (χ0) is 12.8. The van der Waals surface area contributed by atoms with Crippen LogP contribution in [0.5, 0.6) is 5.75 Å². The Balaban J connectivity index is 1.70. The Morgan fingerprint density at radius 3 is 3.06 bits per heavy atom. The highest BCUT2D eigenvalue weighted by atomic mass is 35.5. The van der Waals surface area contributed by atoms with Crippen molar-refractivity contribution in [1.82, 2.24) is 20.5 Å². The second-order valence-corrected chi connectivity index (χ2v) is 4.37. The molecule has 5 nitrogen and oxygen atoms in total. The van der Waals surface area contributed by atoms with Crippen LogP contribution in [-0.4, -0.2) is 26.8 Å². The smallest absolute Gasteiger partial charge is 0.138 e. The first-order valence-corrected chi connectivity index (χ1v) is 6.16. The number of aromatic hydroxyl groups is 1. The number of nitrogens with one attached hydrogen (secondary N) is 2. The van der Waals surface area contributed by atoms with E-state index in [1.807, 2.05) is 12.1 Å². The number of para-hydroxylation sites is 1. The number of phenolic OH excluding ortho intramolecular Hbond substituents is 1. The van der Waals surface area contributed by atoms with E-state index in [4.69, 9.17) is 11.6 Å². The summed E-state index contributed by atoms with van der Waals surface area (Å²) in [7, 11) is 0. The summed E-state index contributed by atoms with van der Waals surface area (Å²) in [5, 5.41) is 19.9. The number of phenols is 1. The first-order valence-electron chi connectivity index (χ1n) is 5.78. The minimum atomic E-state index is 0.155. The molecule has 0 radical (unpaired) electrons. The van der Waals surface area contributed by atoms with Gasteiger partial charge in [-0.15, -0.1) is 0 Å². The van der Waals surface area contributed by atoms with Gasteiger partial charge in [-0.05, 0) is 19.0 Å². The number of hydrogen-bond acceptors (Lipinski definition) is 4. The van der Waals surface area contributed by atoms with Gasteiger partial charge < -0.3 is 10.4 Å². The van der Waals surface area contributed by atoms with Gasteiger partial charge in [0.2, 0.25) is 0 Å². The van der Waals surface area contributed by atoms with E-state index in [2.05, 4.69) is 20.5 Å². The van der Waals surface area contributed by atoms with E-state index in [0.717, 1.165) is 30.8 Å². The number of aromatic amines is 1. The van der Waals surface area contributed by atoms with Crippen molar-refractivity contribution >= 4 is 11.6 Å². The molecular weight excluding hydrogens is 252 g/mol. The van der Waals surface area contributed by atoms with Gasteiger partial charge in [-0.1, -0.05) is 23.7 Å². The Morgan fingerprint density at radius 2 is 2.28 bits per heavy atom. The summed E-state index contributed by atoms with van der Waals surface area (Å²) in [6.45, 7) is 1.44. The Hall–Kier alpha value is -1.59. The number of rotatable bonds is 6. The van der Waals surface area contributed by atoms with E-state index in [-0.39, 0.29) is 5.75 Å². The highest BCUT2D eigenvalue weighted by molar-refractivity contribution is 6.32. The summed E-state index contributed by atoms with van der Waals surface area (Å²) in [4.78, 5) is 4.05. The quantitative estimate of drug-likeness (QED) is 0.698. The number of nitrogens with zero attached hydrogens (tertiary/aromatic N) is 2. The molecule has 1 aromatic heterocycles. The molecular formula is C12H15ClN4O. The lowest BCUT2D eigenvalue weighted by molar-refractivity contribution is 0.464. The topological polar surface area (TPSA) is 73.8 Å². The third kappa shape index (κ3) is 3.45. The summed E-state index contributed by atoms with van der Waals surface area (Å²) in [6, 6.07) is 5.35. The summed E-state index contributed by atoms with van der Waals surface area (Å²) >= 11 is 5.82. The molecule has 6 heteroatoms. The Kier molecular flexibility index (Phi) is 4.55. The van der Waals surface area contributed by atoms with Gasteiger partial charge >= 0.3 is 0 Å². The van der Waals surface area contributed by atoms with E-state index >= 15 is 0 Å². The molecule has 1 heterocycles. The van der Waals surface area contributed by atoms with Crippen LogP contribution in [-0.2, 0) is 13.0 Å². The van der Waals surface area contributed by atoms with Crippen molar-refractivity contribution in [2.45, 2.75) is 19.4 Å². The van der Waals surface area contributed by atoms with Gasteiger partial charge in [0.25, 0.3) is 0 Å². The average molecular weight is 267 g/mol. The molecule has 96 valence electrons. The number of aromatic nitrogens is 3. The second-order valence-electron chi connectivity index (χ2n) is 3.96. The molecule has 0 aliphatic heterocycles. The van der Waals surface area contributed by atoms with Crippen LogP contribution in [0.1, 0.15) is 17.8 Å². The van der Waals surface area contributed by atoms with Crippen LogP contribution in [0.2, 0.25) is 5.02 Å². The Labute approximate surface area is 110 Å². The molecule has 0 unspecified atom stereocenters. The largest absolute Gasteiger partial charge is 0.506 e. The minimum absolute atomic E-state index is 0.155. The molecule has 0 saturated carbocycles. The molecule has 0 atom stereocenters. The van der Waals surface area contributed by atoms with Crippen molar-refractivity contribution in [3.63, 3.8) is 0 Å². The van der Waals surface area contributed by atoms with Gasteiger partial charge in [-0.3, -0.25) is 5.10 Å². The average Bonchev–Trinajstić information content (AvgIpc) is 2.87. The molecule has 0 saturated heterocycles. The number of benzene rings is 1. The van der Waals surface area contributed by atoms with E-state index in [1.54, 1.807) is 6.07 Å².